The Hall–Kier alpha value is -3.40. The molecule has 25 heavy (non-hydrogen) atoms. The molecule has 0 unspecified atom stereocenters. The fourth-order valence-corrected chi connectivity index (χ4v) is 2.84. The largest absolute Gasteiger partial charge is 0.465 e. The molecule has 0 amide bonds. The number of methoxy groups -OCH3 is 1. The summed E-state index contributed by atoms with van der Waals surface area (Å²) in [5, 5.41) is 0. The lowest BCUT2D eigenvalue weighted by Gasteiger charge is -2.03. The van der Waals surface area contributed by atoms with Crippen molar-refractivity contribution in [2.75, 3.05) is 7.11 Å². The van der Waals surface area contributed by atoms with Crippen LogP contribution < -0.4 is 0 Å². The first-order valence-electron chi connectivity index (χ1n) is 7.98. The van der Waals surface area contributed by atoms with Crippen molar-refractivity contribution in [1.82, 2.24) is 9.97 Å². The molecule has 0 radical (unpaired) electrons. The molecule has 0 atom stereocenters. The van der Waals surface area contributed by atoms with E-state index in [9.17, 15) is 4.79 Å². The van der Waals surface area contributed by atoms with Gasteiger partial charge in [0.2, 0.25) is 0 Å². The van der Waals surface area contributed by atoms with Crippen LogP contribution in [0.1, 0.15) is 10.4 Å². The molecule has 0 saturated heterocycles. The number of imidazole rings is 1. The lowest BCUT2D eigenvalue weighted by atomic mass is 10.0. The van der Waals surface area contributed by atoms with Crippen molar-refractivity contribution in [3.8, 4) is 22.5 Å². The van der Waals surface area contributed by atoms with Crippen molar-refractivity contribution in [3.05, 3.63) is 78.4 Å². The highest BCUT2D eigenvalue weighted by Gasteiger charge is 2.08. The van der Waals surface area contributed by atoms with Gasteiger partial charge in [0.15, 0.2) is 0 Å². The van der Waals surface area contributed by atoms with Crippen molar-refractivity contribution >= 4 is 17.0 Å². The molecule has 1 N–H and O–H groups in total. The molecule has 0 aliphatic rings. The van der Waals surface area contributed by atoms with Gasteiger partial charge in [-0.2, -0.15) is 0 Å². The van der Waals surface area contributed by atoms with E-state index < -0.39 is 0 Å². The summed E-state index contributed by atoms with van der Waals surface area (Å²) >= 11 is 0. The van der Waals surface area contributed by atoms with Gasteiger partial charge in [-0.05, 0) is 35.4 Å². The number of aromatic nitrogens is 2. The highest BCUT2D eigenvalue weighted by atomic mass is 16.5. The van der Waals surface area contributed by atoms with Crippen LogP contribution in [0.25, 0.3) is 33.5 Å². The molecule has 122 valence electrons. The molecular formula is C21H16N2O2. The Morgan fingerprint density at radius 1 is 0.880 bits per heavy atom. The summed E-state index contributed by atoms with van der Waals surface area (Å²) in [5.74, 6) is 0.525. The standard InChI is InChI=1S/C21H16N2O2/c1-25-21(24)16-9-7-14(8-10-16)17-11-12-18-19(13-17)23-20(22-18)15-5-3-2-4-6-15/h2-13H,1H3,(H,22,23). The Kier molecular flexibility index (Phi) is 3.78. The minimum atomic E-state index is -0.330. The van der Waals surface area contributed by atoms with Crippen molar-refractivity contribution < 1.29 is 9.53 Å². The van der Waals surface area contributed by atoms with Gasteiger partial charge in [0, 0.05) is 5.56 Å². The molecule has 4 aromatic rings. The van der Waals surface area contributed by atoms with Gasteiger partial charge in [0.1, 0.15) is 5.82 Å². The number of fused-ring (bicyclic) bond motifs is 1. The van der Waals surface area contributed by atoms with Crippen LogP contribution in [-0.2, 0) is 4.74 Å². The Balaban J connectivity index is 1.70. The minimum absolute atomic E-state index is 0.330. The Bertz CT molecular complexity index is 1030. The molecule has 0 aliphatic heterocycles. The molecule has 3 aromatic carbocycles. The monoisotopic (exact) mass is 328 g/mol. The fraction of sp³-hybridized carbons (Fsp3) is 0.0476. The van der Waals surface area contributed by atoms with E-state index in [-0.39, 0.29) is 5.97 Å². The summed E-state index contributed by atoms with van der Waals surface area (Å²) in [7, 11) is 1.38. The van der Waals surface area contributed by atoms with Crippen LogP contribution in [0.5, 0.6) is 0 Å². The first-order chi connectivity index (χ1) is 12.2. The molecule has 0 spiro atoms. The van der Waals surface area contributed by atoms with Crippen LogP contribution in [0, 0.1) is 0 Å². The SMILES string of the molecule is COC(=O)c1ccc(-c2ccc3nc(-c4ccccc4)[nH]c3c2)cc1. The maximum atomic E-state index is 11.5. The molecule has 4 heteroatoms. The predicted octanol–water partition coefficient (Wildman–Crippen LogP) is 4.68. The van der Waals surface area contributed by atoms with Crippen LogP contribution >= 0.6 is 0 Å². The van der Waals surface area contributed by atoms with Gasteiger partial charge in [-0.3, -0.25) is 0 Å². The quantitative estimate of drug-likeness (QED) is 0.555. The Labute approximate surface area is 145 Å². The number of hydrogen-bond donors (Lipinski definition) is 1. The smallest absolute Gasteiger partial charge is 0.337 e. The molecule has 0 bridgehead atoms. The van der Waals surface area contributed by atoms with Gasteiger partial charge >= 0.3 is 5.97 Å². The number of aromatic amines is 1. The first kappa shape index (κ1) is 15.1. The molecule has 1 aromatic heterocycles. The van der Waals surface area contributed by atoms with Crippen LogP contribution in [0.4, 0.5) is 0 Å². The average molecular weight is 328 g/mol. The van der Waals surface area contributed by atoms with Gasteiger partial charge < -0.3 is 9.72 Å². The van der Waals surface area contributed by atoms with E-state index in [1.165, 1.54) is 7.11 Å². The third-order valence-electron chi connectivity index (χ3n) is 4.17. The average Bonchev–Trinajstić information content (AvgIpc) is 3.11. The molecule has 4 rings (SSSR count). The van der Waals surface area contributed by atoms with E-state index >= 15 is 0 Å². The number of ether oxygens (including phenoxy) is 1. The second kappa shape index (κ2) is 6.24. The summed E-state index contributed by atoms with van der Waals surface area (Å²) in [6.07, 6.45) is 0. The number of rotatable bonds is 3. The van der Waals surface area contributed by atoms with Gasteiger partial charge in [-0.1, -0.05) is 48.5 Å². The molecule has 0 aliphatic carbocycles. The fourth-order valence-electron chi connectivity index (χ4n) is 2.84. The number of esters is 1. The van der Waals surface area contributed by atoms with Crippen LogP contribution in [0.15, 0.2) is 72.8 Å². The number of hydrogen-bond acceptors (Lipinski definition) is 3. The van der Waals surface area contributed by atoms with Crippen molar-refractivity contribution in [2.24, 2.45) is 0 Å². The molecular weight excluding hydrogens is 312 g/mol. The summed E-state index contributed by atoms with van der Waals surface area (Å²) in [6.45, 7) is 0. The minimum Gasteiger partial charge on any atom is -0.465 e. The number of carbonyl (C=O) groups excluding carboxylic acids is 1. The molecule has 0 fully saturated rings. The van der Waals surface area contributed by atoms with Crippen molar-refractivity contribution in [1.29, 1.82) is 0 Å². The molecule has 0 saturated carbocycles. The molecule has 4 nitrogen and oxygen atoms in total. The summed E-state index contributed by atoms with van der Waals surface area (Å²) in [5.41, 5.74) is 5.60. The second-order valence-electron chi connectivity index (χ2n) is 5.75. The number of H-pyrrole nitrogens is 1. The number of benzene rings is 3. The Morgan fingerprint density at radius 3 is 2.32 bits per heavy atom. The number of nitrogens with one attached hydrogen (secondary N) is 1. The topological polar surface area (TPSA) is 55.0 Å². The normalized spacial score (nSPS) is 10.8. The van der Waals surface area contributed by atoms with Crippen LogP contribution in [-0.4, -0.2) is 23.0 Å². The maximum Gasteiger partial charge on any atom is 0.337 e. The summed E-state index contributed by atoms with van der Waals surface area (Å²) in [6, 6.07) is 23.5. The van der Waals surface area contributed by atoms with Gasteiger partial charge in [0.05, 0.1) is 23.7 Å². The zero-order valence-electron chi connectivity index (χ0n) is 13.7. The summed E-state index contributed by atoms with van der Waals surface area (Å²) < 4.78 is 4.73. The zero-order chi connectivity index (χ0) is 17.2. The van der Waals surface area contributed by atoms with Crippen molar-refractivity contribution in [3.63, 3.8) is 0 Å². The Morgan fingerprint density at radius 2 is 1.60 bits per heavy atom. The lowest BCUT2D eigenvalue weighted by molar-refractivity contribution is 0.0601. The van der Waals surface area contributed by atoms with Crippen LogP contribution in [0.3, 0.4) is 0 Å². The first-order valence-corrected chi connectivity index (χ1v) is 7.98. The highest BCUT2D eigenvalue weighted by Crippen LogP contribution is 2.26. The third-order valence-corrected chi connectivity index (χ3v) is 4.17. The third kappa shape index (κ3) is 2.90. The van der Waals surface area contributed by atoms with E-state index in [0.29, 0.717) is 5.56 Å². The van der Waals surface area contributed by atoms with E-state index in [2.05, 4.69) is 16.0 Å². The predicted molar refractivity (Wildman–Crippen MR) is 98.3 cm³/mol. The lowest BCUT2D eigenvalue weighted by Crippen LogP contribution is -2.00. The van der Waals surface area contributed by atoms with E-state index in [1.807, 2.05) is 54.6 Å². The second-order valence-corrected chi connectivity index (χ2v) is 5.75. The van der Waals surface area contributed by atoms with Gasteiger partial charge in [-0.15, -0.1) is 0 Å². The number of carbonyl (C=O) groups is 1. The van der Waals surface area contributed by atoms with Crippen LogP contribution in [0.2, 0.25) is 0 Å². The van der Waals surface area contributed by atoms with E-state index in [4.69, 9.17) is 4.74 Å². The molecule has 1 heterocycles. The van der Waals surface area contributed by atoms with E-state index in [0.717, 1.165) is 33.5 Å². The maximum absolute atomic E-state index is 11.5. The van der Waals surface area contributed by atoms with E-state index in [1.54, 1.807) is 12.1 Å². The van der Waals surface area contributed by atoms with Gasteiger partial charge in [-0.25, -0.2) is 9.78 Å². The highest BCUT2D eigenvalue weighted by molar-refractivity contribution is 5.90. The zero-order valence-corrected chi connectivity index (χ0v) is 13.7. The van der Waals surface area contributed by atoms with Gasteiger partial charge in [0.25, 0.3) is 0 Å². The summed E-state index contributed by atoms with van der Waals surface area (Å²) in [4.78, 5) is 19.6. The van der Waals surface area contributed by atoms with Crippen molar-refractivity contribution in [2.45, 2.75) is 0 Å². The number of nitrogens with zero attached hydrogens (tertiary/aromatic N) is 1.